The second kappa shape index (κ2) is 5.12. The molecule has 0 aliphatic carbocycles. The van der Waals surface area contributed by atoms with E-state index >= 15 is 0 Å². The van der Waals surface area contributed by atoms with Crippen LogP contribution < -0.4 is 10.6 Å². The fraction of sp³-hybridized carbons (Fsp3) is 0.231. The van der Waals surface area contributed by atoms with Gasteiger partial charge < -0.3 is 10.6 Å². The van der Waals surface area contributed by atoms with Gasteiger partial charge in [0.1, 0.15) is 5.82 Å². The molecular weight excluding hydrogens is 254 g/mol. The van der Waals surface area contributed by atoms with Gasteiger partial charge in [-0.05, 0) is 24.6 Å². The average molecular weight is 269 g/mol. The largest absolute Gasteiger partial charge is 0.368 e. The minimum Gasteiger partial charge on any atom is -0.368 e. The first kappa shape index (κ1) is 12.3. The van der Waals surface area contributed by atoms with Gasteiger partial charge in [-0.3, -0.25) is 10.1 Å². The third-order valence-electron chi connectivity index (χ3n) is 3.11. The lowest BCUT2D eigenvalue weighted by molar-refractivity contribution is 0.816. The molecule has 0 fully saturated rings. The molecule has 0 saturated carbocycles. The van der Waals surface area contributed by atoms with E-state index in [2.05, 4.69) is 37.0 Å². The smallest absolute Gasteiger partial charge is 0.224 e. The van der Waals surface area contributed by atoms with Crippen molar-refractivity contribution in [1.29, 1.82) is 0 Å². The van der Waals surface area contributed by atoms with Crippen LogP contribution in [0.25, 0.3) is 11.0 Å². The van der Waals surface area contributed by atoms with Gasteiger partial charge in [0.2, 0.25) is 5.95 Å². The molecule has 0 atom stereocenters. The summed E-state index contributed by atoms with van der Waals surface area (Å²) in [6.07, 6.45) is 5.29. The predicted molar refractivity (Wildman–Crippen MR) is 77.1 cm³/mol. The minimum absolute atomic E-state index is 0.241. The number of aromatic amines is 1. The number of nitrogens with two attached hydrogens (primary N) is 1. The Morgan fingerprint density at radius 3 is 2.80 bits per heavy atom. The van der Waals surface area contributed by atoms with Gasteiger partial charge in [-0.1, -0.05) is 0 Å². The number of hydrogen-bond acceptors (Lipinski definition) is 6. The highest BCUT2D eigenvalue weighted by Gasteiger charge is 2.14. The van der Waals surface area contributed by atoms with Crippen molar-refractivity contribution in [3.63, 3.8) is 0 Å². The molecule has 0 aliphatic rings. The maximum atomic E-state index is 5.76. The SMILES string of the molecule is CCN(Cc1ccncc1)c1nc(N)nc2[nH]ncc12. The molecule has 0 spiro atoms. The Labute approximate surface area is 115 Å². The molecule has 0 amide bonds. The summed E-state index contributed by atoms with van der Waals surface area (Å²) in [6, 6.07) is 3.97. The van der Waals surface area contributed by atoms with Crippen LogP contribution >= 0.6 is 0 Å². The van der Waals surface area contributed by atoms with E-state index < -0.39 is 0 Å². The van der Waals surface area contributed by atoms with Crippen molar-refractivity contribution in [2.45, 2.75) is 13.5 Å². The maximum absolute atomic E-state index is 5.76. The van der Waals surface area contributed by atoms with E-state index in [0.717, 1.165) is 29.9 Å². The van der Waals surface area contributed by atoms with Crippen LogP contribution in [0, 0.1) is 0 Å². The van der Waals surface area contributed by atoms with Crippen LogP contribution in [0.3, 0.4) is 0 Å². The van der Waals surface area contributed by atoms with E-state index in [9.17, 15) is 0 Å². The maximum Gasteiger partial charge on any atom is 0.224 e. The molecule has 0 radical (unpaired) electrons. The van der Waals surface area contributed by atoms with E-state index in [4.69, 9.17) is 5.73 Å². The van der Waals surface area contributed by atoms with E-state index in [-0.39, 0.29) is 5.95 Å². The van der Waals surface area contributed by atoms with Gasteiger partial charge >= 0.3 is 0 Å². The molecule has 0 aromatic carbocycles. The van der Waals surface area contributed by atoms with Gasteiger partial charge in [-0.25, -0.2) is 0 Å². The van der Waals surface area contributed by atoms with Crippen molar-refractivity contribution in [2.24, 2.45) is 0 Å². The number of nitrogen functional groups attached to an aromatic ring is 1. The number of hydrogen-bond donors (Lipinski definition) is 2. The van der Waals surface area contributed by atoms with E-state index in [1.165, 1.54) is 0 Å². The van der Waals surface area contributed by atoms with Crippen molar-refractivity contribution >= 4 is 22.8 Å². The third kappa shape index (κ3) is 2.25. The molecule has 3 heterocycles. The highest BCUT2D eigenvalue weighted by Crippen LogP contribution is 2.24. The molecule has 3 rings (SSSR count). The molecule has 3 aromatic rings. The van der Waals surface area contributed by atoms with E-state index in [0.29, 0.717) is 5.65 Å². The number of pyridine rings is 1. The van der Waals surface area contributed by atoms with Gasteiger partial charge in [0.05, 0.1) is 11.6 Å². The van der Waals surface area contributed by atoms with E-state index in [1.54, 1.807) is 18.6 Å². The molecule has 0 saturated heterocycles. The zero-order valence-electron chi connectivity index (χ0n) is 11.1. The zero-order valence-corrected chi connectivity index (χ0v) is 11.1. The normalized spacial score (nSPS) is 10.8. The predicted octanol–water partition coefficient (Wildman–Crippen LogP) is 1.36. The molecule has 7 heteroatoms. The fourth-order valence-electron chi connectivity index (χ4n) is 2.12. The first-order valence-corrected chi connectivity index (χ1v) is 6.38. The van der Waals surface area contributed by atoms with Crippen molar-refractivity contribution in [3.8, 4) is 0 Å². The first-order valence-electron chi connectivity index (χ1n) is 6.38. The van der Waals surface area contributed by atoms with Gasteiger partial charge in [-0.2, -0.15) is 15.1 Å². The molecule has 3 N–H and O–H groups in total. The summed E-state index contributed by atoms with van der Waals surface area (Å²) in [4.78, 5) is 14.6. The summed E-state index contributed by atoms with van der Waals surface area (Å²) < 4.78 is 0. The van der Waals surface area contributed by atoms with Crippen LogP contribution in [0.2, 0.25) is 0 Å². The number of fused-ring (bicyclic) bond motifs is 1. The molecule has 20 heavy (non-hydrogen) atoms. The lowest BCUT2D eigenvalue weighted by Gasteiger charge is -2.22. The molecule has 0 unspecified atom stereocenters. The standard InChI is InChI=1S/C13H15N7/c1-2-20(8-9-3-5-15-6-4-9)12-10-7-16-19-11(10)17-13(14)18-12/h3-7H,2,8H2,1H3,(H3,14,16,17,18,19). The molecule has 0 bridgehead atoms. The van der Waals surface area contributed by atoms with Gasteiger partial charge in [0.15, 0.2) is 5.65 Å². The van der Waals surface area contributed by atoms with Crippen LogP contribution in [0.15, 0.2) is 30.7 Å². The number of aromatic nitrogens is 5. The van der Waals surface area contributed by atoms with Crippen molar-refractivity contribution in [2.75, 3.05) is 17.2 Å². The summed E-state index contributed by atoms with van der Waals surface area (Å²) >= 11 is 0. The van der Waals surface area contributed by atoms with Crippen LogP contribution in [-0.4, -0.2) is 31.7 Å². The summed E-state index contributed by atoms with van der Waals surface area (Å²) in [7, 11) is 0. The van der Waals surface area contributed by atoms with Crippen LogP contribution in [0.5, 0.6) is 0 Å². The number of anilines is 2. The van der Waals surface area contributed by atoms with Crippen LogP contribution in [0.4, 0.5) is 11.8 Å². The Hall–Kier alpha value is -2.70. The van der Waals surface area contributed by atoms with E-state index in [1.807, 2.05) is 12.1 Å². The Bertz CT molecular complexity index is 707. The molecule has 7 nitrogen and oxygen atoms in total. The molecular formula is C13H15N7. The van der Waals surface area contributed by atoms with Gasteiger partial charge in [-0.15, -0.1) is 0 Å². The van der Waals surface area contributed by atoms with Gasteiger partial charge in [0, 0.05) is 25.5 Å². The minimum atomic E-state index is 0.241. The van der Waals surface area contributed by atoms with Crippen molar-refractivity contribution in [3.05, 3.63) is 36.3 Å². The third-order valence-corrected chi connectivity index (χ3v) is 3.11. The summed E-state index contributed by atoms with van der Waals surface area (Å²) in [5.41, 5.74) is 7.58. The summed E-state index contributed by atoms with van der Waals surface area (Å²) in [6.45, 7) is 3.61. The lowest BCUT2D eigenvalue weighted by Crippen LogP contribution is -2.23. The monoisotopic (exact) mass is 269 g/mol. The Morgan fingerprint density at radius 1 is 1.25 bits per heavy atom. The van der Waals surface area contributed by atoms with Crippen molar-refractivity contribution in [1.82, 2.24) is 25.1 Å². The number of rotatable bonds is 4. The zero-order chi connectivity index (χ0) is 13.9. The number of H-pyrrole nitrogens is 1. The first-order chi connectivity index (χ1) is 9.78. The highest BCUT2D eigenvalue weighted by atomic mass is 15.2. The molecule has 102 valence electrons. The molecule has 0 aliphatic heterocycles. The second-order valence-corrected chi connectivity index (χ2v) is 4.41. The Kier molecular flexibility index (Phi) is 3.16. The second-order valence-electron chi connectivity index (χ2n) is 4.41. The summed E-state index contributed by atoms with van der Waals surface area (Å²) in [5, 5.41) is 7.70. The topological polar surface area (TPSA) is 96.6 Å². The average Bonchev–Trinajstić information content (AvgIpc) is 2.93. The van der Waals surface area contributed by atoms with Crippen molar-refractivity contribution < 1.29 is 0 Å². The summed E-state index contributed by atoms with van der Waals surface area (Å²) in [5.74, 6) is 1.03. The highest BCUT2D eigenvalue weighted by molar-refractivity contribution is 5.87. The molecule has 3 aromatic heterocycles. The Balaban J connectivity index is 2.01. The Morgan fingerprint density at radius 2 is 2.05 bits per heavy atom. The van der Waals surface area contributed by atoms with Crippen LogP contribution in [0.1, 0.15) is 12.5 Å². The fourth-order valence-corrected chi connectivity index (χ4v) is 2.12. The quantitative estimate of drug-likeness (QED) is 0.742. The van der Waals surface area contributed by atoms with Crippen LogP contribution in [-0.2, 0) is 6.54 Å². The lowest BCUT2D eigenvalue weighted by atomic mass is 10.2. The van der Waals surface area contributed by atoms with Gasteiger partial charge in [0.25, 0.3) is 0 Å². The number of nitrogens with one attached hydrogen (secondary N) is 1. The number of nitrogens with zero attached hydrogens (tertiary/aromatic N) is 5.